The second-order valence-corrected chi connectivity index (χ2v) is 11.6. The average Bonchev–Trinajstić information content (AvgIpc) is 2.97. The van der Waals surface area contributed by atoms with E-state index in [0.29, 0.717) is 37.5 Å². The number of piperazine rings is 1. The molecule has 0 aromatic heterocycles. The van der Waals surface area contributed by atoms with Crippen molar-refractivity contribution in [3.8, 4) is 0 Å². The van der Waals surface area contributed by atoms with Crippen molar-refractivity contribution < 1.29 is 18.0 Å². The van der Waals surface area contributed by atoms with Gasteiger partial charge in [0.15, 0.2) is 0 Å². The SMILES string of the molecule is O=C(C1Cc2cc(C(F)(F)F)ccc2N2CCN(Cc3ccccc3)CC12)N1CCC(Cc2ccccc2)CC1. The van der Waals surface area contributed by atoms with Crippen LogP contribution in [0.25, 0.3) is 0 Å². The highest BCUT2D eigenvalue weighted by Crippen LogP contribution is 2.40. The number of benzene rings is 3. The molecule has 3 heterocycles. The third-order valence-corrected chi connectivity index (χ3v) is 8.98. The maximum absolute atomic E-state index is 14.1. The Bertz CT molecular complexity index is 1310. The Morgan fingerprint density at radius 1 is 0.825 bits per heavy atom. The third kappa shape index (κ3) is 5.75. The minimum absolute atomic E-state index is 0.0590. The predicted octanol–water partition coefficient (Wildman–Crippen LogP) is 6.05. The number of halogens is 3. The molecule has 0 bridgehead atoms. The van der Waals surface area contributed by atoms with Gasteiger partial charge in [-0.15, -0.1) is 0 Å². The summed E-state index contributed by atoms with van der Waals surface area (Å²) in [7, 11) is 0. The molecule has 3 aliphatic heterocycles. The molecule has 40 heavy (non-hydrogen) atoms. The van der Waals surface area contributed by atoms with Crippen molar-refractivity contribution in [2.75, 3.05) is 37.6 Å². The van der Waals surface area contributed by atoms with Crippen molar-refractivity contribution in [2.45, 2.75) is 44.4 Å². The molecule has 1 amide bonds. The zero-order valence-electron chi connectivity index (χ0n) is 22.7. The molecule has 2 fully saturated rings. The van der Waals surface area contributed by atoms with Gasteiger partial charge in [0.2, 0.25) is 5.91 Å². The number of fused-ring (bicyclic) bond motifs is 3. The molecule has 210 valence electrons. The predicted molar refractivity (Wildman–Crippen MR) is 151 cm³/mol. The topological polar surface area (TPSA) is 26.8 Å². The number of likely N-dealkylation sites (tertiary alicyclic amines) is 1. The first-order valence-electron chi connectivity index (χ1n) is 14.4. The lowest BCUT2D eigenvalue weighted by Crippen LogP contribution is -2.61. The standard InChI is InChI=1S/C33H36F3N3O/c34-33(35,36)28-11-12-30-27(20-28)21-29(31-23-37(17-18-39(30)31)22-26-9-5-2-6-10-26)32(40)38-15-13-25(14-16-38)19-24-7-3-1-4-8-24/h1-12,20,25,29,31H,13-19,21-23H2. The molecule has 3 aliphatic rings. The maximum atomic E-state index is 14.1. The van der Waals surface area contributed by atoms with Crippen LogP contribution < -0.4 is 4.90 Å². The van der Waals surface area contributed by atoms with Gasteiger partial charge in [0.25, 0.3) is 0 Å². The van der Waals surface area contributed by atoms with Crippen molar-refractivity contribution >= 4 is 11.6 Å². The van der Waals surface area contributed by atoms with Crippen LogP contribution in [0.2, 0.25) is 0 Å². The highest BCUT2D eigenvalue weighted by atomic mass is 19.4. The van der Waals surface area contributed by atoms with Crippen LogP contribution in [-0.4, -0.2) is 54.5 Å². The summed E-state index contributed by atoms with van der Waals surface area (Å²) in [5.41, 5.74) is 3.40. The molecule has 6 rings (SSSR count). The fourth-order valence-corrected chi connectivity index (χ4v) is 6.87. The van der Waals surface area contributed by atoms with Gasteiger partial charge in [0, 0.05) is 45.0 Å². The second-order valence-electron chi connectivity index (χ2n) is 11.6. The molecule has 0 aliphatic carbocycles. The van der Waals surface area contributed by atoms with Gasteiger partial charge in [-0.2, -0.15) is 13.2 Å². The number of carbonyl (C=O) groups excluding carboxylic acids is 1. The Hall–Kier alpha value is -3.32. The van der Waals surface area contributed by atoms with E-state index in [4.69, 9.17) is 0 Å². The molecule has 4 nitrogen and oxygen atoms in total. The van der Waals surface area contributed by atoms with E-state index in [2.05, 4.69) is 46.2 Å². The third-order valence-electron chi connectivity index (χ3n) is 8.98. The molecule has 0 saturated carbocycles. The average molecular weight is 548 g/mol. The normalized spacial score (nSPS) is 22.1. The molecule has 2 saturated heterocycles. The fourth-order valence-electron chi connectivity index (χ4n) is 6.87. The molecular weight excluding hydrogens is 511 g/mol. The summed E-state index contributed by atoms with van der Waals surface area (Å²) in [4.78, 5) is 20.7. The summed E-state index contributed by atoms with van der Waals surface area (Å²) >= 11 is 0. The number of piperidine rings is 1. The van der Waals surface area contributed by atoms with Gasteiger partial charge in [-0.1, -0.05) is 60.7 Å². The van der Waals surface area contributed by atoms with Gasteiger partial charge < -0.3 is 9.80 Å². The van der Waals surface area contributed by atoms with Crippen molar-refractivity contribution in [1.29, 1.82) is 0 Å². The Labute approximate surface area is 234 Å². The number of hydrogen-bond donors (Lipinski definition) is 0. The molecule has 2 atom stereocenters. The Kier molecular flexibility index (Phi) is 7.58. The number of hydrogen-bond acceptors (Lipinski definition) is 3. The van der Waals surface area contributed by atoms with Crippen molar-refractivity contribution in [3.63, 3.8) is 0 Å². The van der Waals surface area contributed by atoms with Crippen LogP contribution >= 0.6 is 0 Å². The Morgan fingerprint density at radius 2 is 1.50 bits per heavy atom. The van der Waals surface area contributed by atoms with Crippen molar-refractivity contribution in [3.05, 3.63) is 101 Å². The lowest BCUT2D eigenvalue weighted by molar-refractivity contribution is -0.138. The van der Waals surface area contributed by atoms with Crippen LogP contribution in [0.5, 0.6) is 0 Å². The number of nitrogens with zero attached hydrogens (tertiary/aromatic N) is 3. The number of amides is 1. The first-order chi connectivity index (χ1) is 19.3. The van der Waals surface area contributed by atoms with E-state index >= 15 is 0 Å². The van der Waals surface area contributed by atoms with Crippen LogP contribution in [0, 0.1) is 11.8 Å². The van der Waals surface area contributed by atoms with Crippen LogP contribution in [-0.2, 0) is 30.4 Å². The van der Waals surface area contributed by atoms with E-state index in [1.165, 1.54) is 23.3 Å². The number of anilines is 1. The zero-order chi connectivity index (χ0) is 27.7. The maximum Gasteiger partial charge on any atom is 0.416 e. The second kappa shape index (κ2) is 11.3. The summed E-state index contributed by atoms with van der Waals surface area (Å²) < 4.78 is 40.8. The monoisotopic (exact) mass is 547 g/mol. The zero-order valence-corrected chi connectivity index (χ0v) is 22.7. The van der Waals surface area contributed by atoms with Gasteiger partial charge >= 0.3 is 6.18 Å². The lowest BCUT2D eigenvalue weighted by atomic mass is 9.81. The largest absolute Gasteiger partial charge is 0.416 e. The van der Waals surface area contributed by atoms with E-state index in [0.717, 1.165) is 44.6 Å². The lowest BCUT2D eigenvalue weighted by Gasteiger charge is -2.50. The number of rotatable bonds is 5. The van der Waals surface area contributed by atoms with Crippen LogP contribution in [0.15, 0.2) is 78.9 Å². The van der Waals surface area contributed by atoms with E-state index < -0.39 is 11.7 Å². The highest BCUT2D eigenvalue weighted by Gasteiger charge is 2.44. The first-order valence-corrected chi connectivity index (χ1v) is 14.4. The minimum Gasteiger partial charge on any atom is -0.365 e. The summed E-state index contributed by atoms with van der Waals surface area (Å²) in [6.07, 6.45) is -1.12. The van der Waals surface area contributed by atoms with E-state index in [-0.39, 0.29) is 17.9 Å². The summed E-state index contributed by atoms with van der Waals surface area (Å²) in [5.74, 6) is 0.276. The molecule has 7 heteroatoms. The summed E-state index contributed by atoms with van der Waals surface area (Å²) in [6, 6.07) is 24.8. The van der Waals surface area contributed by atoms with Gasteiger partial charge in [-0.3, -0.25) is 9.69 Å². The molecule has 0 radical (unpaired) electrons. The smallest absolute Gasteiger partial charge is 0.365 e. The summed E-state index contributed by atoms with van der Waals surface area (Å²) in [5, 5.41) is 0. The number of carbonyl (C=O) groups is 1. The Balaban J connectivity index is 1.21. The molecule has 0 N–H and O–H groups in total. The molecule has 3 aromatic rings. The van der Waals surface area contributed by atoms with Crippen LogP contribution in [0.1, 0.15) is 35.1 Å². The first kappa shape index (κ1) is 26.9. The van der Waals surface area contributed by atoms with E-state index in [1.807, 2.05) is 29.2 Å². The highest BCUT2D eigenvalue weighted by molar-refractivity contribution is 5.82. The fraction of sp³-hybridized carbons (Fsp3) is 0.424. The number of alkyl halides is 3. The molecule has 3 aromatic carbocycles. The molecule has 2 unspecified atom stereocenters. The van der Waals surface area contributed by atoms with Gasteiger partial charge in [0.05, 0.1) is 17.5 Å². The van der Waals surface area contributed by atoms with Gasteiger partial charge in [-0.05, 0) is 66.5 Å². The van der Waals surface area contributed by atoms with Crippen LogP contribution in [0.4, 0.5) is 18.9 Å². The Morgan fingerprint density at radius 3 is 2.17 bits per heavy atom. The van der Waals surface area contributed by atoms with Crippen LogP contribution in [0.3, 0.4) is 0 Å². The molecule has 0 spiro atoms. The van der Waals surface area contributed by atoms with Gasteiger partial charge in [0.1, 0.15) is 0 Å². The van der Waals surface area contributed by atoms with E-state index in [1.54, 1.807) is 6.07 Å². The van der Waals surface area contributed by atoms with Gasteiger partial charge in [-0.25, -0.2) is 0 Å². The van der Waals surface area contributed by atoms with Crippen molar-refractivity contribution in [2.24, 2.45) is 11.8 Å². The minimum atomic E-state index is -4.40. The van der Waals surface area contributed by atoms with Crippen molar-refractivity contribution in [1.82, 2.24) is 9.80 Å². The van der Waals surface area contributed by atoms with E-state index in [9.17, 15) is 18.0 Å². The molecular formula is C33H36F3N3O. The quantitative estimate of drug-likeness (QED) is 0.389. The summed E-state index contributed by atoms with van der Waals surface area (Å²) in [6.45, 7) is 4.44.